The predicted octanol–water partition coefficient (Wildman–Crippen LogP) is 4.76. The van der Waals surface area contributed by atoms with Crippen LogP contribution in [0.5, 0.6) is 5.75 Å². The molecule has 0 spiro atoms. The van der Waals surface area contributed by atoms with E-state index in [0.29, 0.717) is 16.5 Å². The van der Waals surface area contributed by atoms with Gasteiger partial charge < -0.3 is 10.1 Å². The first-order chi connectivity index (χ1) is 13.0. The molecule has 0 bridgehead atoms. The van der Waals surface area contributed by atoms with Gasteiger partial charge in [0.2, 0.25) is 0 Å². The first kappa shape index (κ1) is 19.0. The molecular formula is C21H22ClN3O2. The van der Waals surface area contributed by atoms with E-state index in [0.717, 1.165) is 12.0 Å². The molecule has 2 aromatic carbocycles. The van der Waals surface area contributed by atoms with Crippen molar-refractivity contribution < 1.29 is 9.53 Å². The van der Waals surface area contributed by atoms with E-state index in [-0.39, 0.29) is 18.7 Å². The Balaban J connectivity index is 1.61. The van der Waals surface area contributed by atoms with Crippen molar-refractivity contribution in [1.82, 2.24) is 15.1 Å². The summed E-state index contributed by atoms with van der Waals surface area (Å²) in [7, 11) is 0. The van der Waals surface area contributed by atoms with Crippen LogP contribution in [0.3, 0.4) is 0 Å². The number of nitrogens with one attached hydrogen (secondary N) is 1. The van der Waals surface area contributed by atoms with Crippen LogP contribution in [0.4, 0.5) is 0 Å². The van der Waals surface area contributed by atoms with Crippen LogP contribution in [0, 0.1) is 6.92 Å². The summed E-state index contributed by atoms with van der Waals surface area (Å²) in [5, 5.41) is 7.94. The fourth-order valence-electron chi connectivity index (χ4n) is 2.70. The molecule has 0 fully saturated rings. The Morgan fingerprint density at radius 1 is 1.22 bits per heavy atom. The second-order valence-corrected chi connectivity index (χ2v) is 6.75. The van der Waals surface area contributed by atoms with Gasteiger partial charge in [0, 0.05) is 11.2 Å². The fraction of sp³-hybridized carbons (Fsp3) is 0.238. The monoisotopic (exact) mass is 383 g/mol. The van der Waals surface area contributed by atoms with Gasteiger partial charge in [-0.15, -0.1) is 0 Å². The van der Waals surface area contributed by atoms with Crippen LogP contribution in [0.1, 0.15) is 41.0 Å². The highest BCUT2D eigenvalue weighted by molar-refractivity contribution is 6.30. The van der Waals surface area contributed by atoms with Crippen molar-refractivity contribution in [3.63, 3.8) is 0 Å². The molecule has 5 nitrogen and oxygen atoms in total. The molecule has 27 heavy (non-hydrogen) atoms. The number of carbonyl (C=O) groups is 1. The number of amides is 1. The van der Waals surface area contributed by atoms with Crippen LogP contribution >= 0.6 is 11.6 Å². The van der Waals surface area contributed by atoms with Gasteiger partial charge >= 0.3 is 0 Å². The van der Waals surface area contributed by atoms with Crippen LogP contribution in [-0.2, 0) is 6.73 Å². The Hall–Kier alpha value is -2.79. The van der Waals surface area contributed by atoms with Crippen molar-refractivity contribution >= 4 is 17.5 Å². The number of hydrogen-bond donors (Lipinski definition) is 1. The summed E-state index contributed by atoms with van der Waals surface area (Å²) in [5.41, 5.74) is 2.63. The van der Waals surface area contributed by atoms with Crippen LogP contribution in [0.2, 0.25) is 5.02 Å². The summed E-state index contributed by atoms with van der Waals surface area (Å²) in [4.78, 5) is 12.5. The van der Waals surface area contributed by atoms with Gasteiger partial charge in [0.05, 0.1) is 6.04 Å². The molecule has 3 aromatic rings. The fourth-order valence-corrected chi connectivity index (χ4v) is 2.88. The quantitative estimate of drug-likeness (QED) is 0.639. The molecule has 1 unspecified atom stereocenters. The standard InChI is InChI=1S/C21H22ClN3O2/c1-3-19(16-9-7-15(2)8-10-16)23-21(26)20-11-12-25(24-20)14-27-18-6-4-5-17(22)13-18/h4-13,19H,3,14H2,1-2H3,(H,23,26). The zero-order valence-electron chi connectivity index (χ0n) is 15.4. The topological polar surface area (TPSA) is 56.2 Å². The summed E-state index contributed by atoms with van der Waals surface area (Å²) < 4.78 is 7.21. The van der Waals surface area contributed by atoms with Gasteiger partial charge in [-0.2, -0.15) is 5.10 Å². The Morgan fingerprint density at radius 3 is 2.70 bits per heavy atom. The Labute approximate surface area is 163 Å². The van der Waals surface area contributed by atoms with Gasteiger partial charge in [0.15, 0.2) is 6.73 Å². The highest BCUT2D eigenvalue weighted by atomic mass is 35.5. The average Bonchev–Trinajstić information content (AvgIpc) is 3.14. The van der Waals surface area contributed by atoms with Gasteiger partial charge in [0.1, 0.15) is 11.4 Å². The van der Waals surface area contributed by atoms with E-state index in [9.17, 15) is 4.79 Å². The van der Waals surface area contributed by atoms with E-state index in [2.05, 4.69) is 10.4 Å². The van der Waals surface area contributed by atoms with Crippen molar-refractivity contribution in [2.75, 3.05) is 0 Å². The number of hydrogen-bond acceptors (Lipinski definition) is 3. The van der Waals surface area contributed by atoms with E-state index < -0.39 is 0 Å². The van der Waals surface area contributed by atoms with Crippen LogP contribution < -0.4 is 10.1 Å². The molecule has 6 heteroatoms. The SMILES string of the molecule is CCC(NC(=O)c1ccn(COc2cccc(Cl)c2)n1)c1ccc(C)cc1. The van der Waals surface area contributed by atoms with Crippen molar-refractivity contribution in [2.45, 2.75) is 33.0 Å². The number of nitrogens with zero attached hydrogens (tertiary/aromatic N) is 2. The summed E-state index contributed by atoms with van der Waals surface area (Å²) in [6.45, 7) is 4.28. The maximum Gasteiger partial charge on any atom is 0.272 e. The molecule has 1 amide bonds. The number of benzene rings is 2. The lowest BCUT2D eigenvalue weighted by Gasteiger charge is -2.17. The van der Waals surface area contributed by atoms with E-state index in [1.807, 2.05) is 50.2 Å². The lowest BCUT2D eigenvalue weighted by Crippen LogP contribution is -2.28. The summed E-state index contributed by atoms with van der Waals surface area (Å²) >= 11 is 5.94. The highest BCUT2D eigenvalue weighted by Gasteiger charge is 2.16. The van der Waals surface area contributed by atoms with E-state index in [1.54, 1.807) is 29.1 Å². The van der Waals surface area contributed by atoms with Crippen LogP contribution in [0.25, 0.3) is 0 Å². The molecule has 1 heterocycles. The molecule has 0 saturated carbocycles. The zero-order valence-corrected chi connectivity index (χ0v) is 16.1. The second-order valence-electron chi connectivity index (χ2n) is 6.32. The lowest BCUT2D eigenvalue weighted by atomic mass is 10.0. The Kier molecular flexibility index (Phi) is 6.14. The van der Waals surface area contributed by atoms with Crippen molar-refractivity contribution in [2.24, 2.45) is 0 Å². The number of halogens is 1. The minimum absolute atomic E-state index is 0.0500. The number of ether oxygens (including phenoxy) is 1. The van der Waals surface area contributed by atoms with Gasteiger partial charge in [-0.05, 0) is 43.2 Å². The first-order valence-electron chi connectivity index (χ1n) is 8.84. The normalized spacial score (nSPS) is 11.8. The van der Waals surface area contributed by atoms with E-state index in [4.69, 9.17) is 16.3 Å². The first-order valence-corrected chi connectivity index (χ1v) is 9.22. The molecular weight excluding hydrogens is 362 g/mol. The van der Waals surface area contributed by atoms with E-state index >= 15 is 0 Å². The predicted molar refractivity (Wildman–Crippen MR) is 106 cm³/mol. The molecule has 0 saturated heterocycles. The lowest BCUT2D eigenvalue weighted by molar-refractivity contribution is 0.0928. The average molecular weight is 384 g/mol. The number of aryl methyl sites for hydroxylation is 1. The minimum Gasteiger partial charge on any atom is -0.471 e. The summed E-state index contributed by atoms with van der Waals surface area (Å²) in [6.07, 6.45) is 2.51. The molecule has 3 rings (SSSR count). The maximum absolute atomic E-state index is 12.5. The van der Waals surface area contributed by atoms with Gasteiger partial charge in [0.25, 0.3) is 5.91 Å². The van der Waals surface area contributed by atoms with Crippen molar-refractivity contribution in [1.29, 1.82) is 0 Å². The zero-order chi connectivity index (χ0) is 19.2. The number of aromatic nitrogens is 2. The molecule has 0 aliphatic rings. The van der Waals surface area contributed by atoms with Crippen LogP contribution in [-0.4, -0.2) is 15.7 Å². The third-order valence-electron chi connectivity index (χ3n) is 4.23. The molecule has 1 N–H and O–H groups in total. The summed E-state index contributed by atoms with van der Waals surface area (Å²) in [6, 6.07) is 17.0. The third kappa shape index (κ3) is 5.11. The second kappa shape index (κ2) is 8.73. The van der Waals surface area contributed by atoms with Gasteiger partial charge in [-0.3, -0.25) is 4.79 Å². The molecule has 0 aliphatic carbocycles. The largest absolute Gasteiger partial charge is 0.471 e. The number of rotatable bonds is 7. The third-order valence-corrected chi connectivity index (χ3v) is 4.46. The molecule has 1 aromatic heterocycles. The van der Waals surface area contributed by atoms with Crippen LogP contribution in [0.15, 0.2) is 60.8 Å². The Bertz CT molecular complexity index is 906. The smallest absolute Gasteiger partial charge is 0.272 e. The molecule has 1 atom stereocenters. The number of carbonyl (C=O) groups excluding carboxylic acids is 1. The Morgan fingerprint density at radius 2 is 2.00 bits per heavy atom. The van der Waals surface area contributed by atoms with E-state index in [1.165, 1.54) is 5.56 Å². The summed E-state index contributed by atoms with van der Waals surface area (Å²) in [5.74, 6) is 0.443. The highest BCUT2D eigenvalue weighted by Crippen LogP contribution is 2.19. The molecule has 0 radical (unpaired) electrons. The van der Waals surface area contributed by atoms with Crippen molar-refractivity contribution in [3.05, 3.63) is 82.6 Å². The molecule has 0 aliphatic heterocycles. The molecule has 140 valence electrons. The van der Waals surface area contributed by atoms with Gasteiger partial charge in [-0.1, -0.05) is 54.4 Å². The maximum atomic E-state index is 12.5. The van der Waals surface area contributed by atoms with Crippen molar-refractivity contribution in [3.8, 4) is 5.75 Å². The minimum atomic E-state index is -0.205. The van der Waals surface area contributed by atoms with Gasteiger partial charge in [-0.25, -0.2) is 4.68 Å².